The Morgan fingerprint density at radius 3 is 1.95 bits per heavy atom. The summed E-state index contributed by atoms with van der Waals surface area (Å²) in [7, 11) is 5.48. The van der Waals surface area contributed by atoms with E-state index in [0.29, 0.717) is 19.3 Å². The van der Waals surface area contributed by atoms with Gasteiger partial charge in [0.05, 0.1) is 34.4 Å². The first kappa shape index (κ1) is 37.1. The number of nitrogens with zero attached hydrogens (tertiary/aromatic N) is 1. The van der Waals surface area contributed by atoms with E-state index in [4.69, 9.17) is 14.2 Å². The molecule has 0 aliphatic carbocycles. The number of hydrogen-bond donors (Lipinski definition) is 1. The van der Waals surface area contributed by atoms with Crippen molar-refractivity contribution < 1.29 is 38.2 Å². The fourth-order valence-electron chi connectivity index (χ4n) is 4.22. The molecule has 0 saturated carbocycles. The average molecular weight is 557 g/mol. The zero-order valence-corrected chi connectivity index (χ0v) is 25.6. The third kappa shape index (κ3) is 22.6. The summed E-state index contributed by atoms with van der Waals surface area (Å²) in [6.07, 6.45) is 18.6. The van der Waals surface area contributed by atoms with Crippen molar-refractivity contribution in [2.75, 3.05) is 41.0 Å². The van der Waals surface area contributed by atoms with Crippen LogP contribution in [0.2, 0.25) is 0 Å². The summed E-state index contributed by atoms with van der Waals surface area (Å²) in [4.78, 5) is 36.2. The SMILES string of the molecule is CCCCC/C=C/CCC(=O)OC(COCCC(C(=O)O)[N+](C)(C)C)COC(=O)CCCCCCCCCC. The highest BCUT2D eigenvalue weighted by Crippen LogP contribution is 2.12. The summed E-state index contributed by atoms with van der Waals surface area (Å²) in [5.41, 5.74) is 0. The molecule has 2 unspecified atom stereocenters. The Kier molecular flexibility index (Phi) is 22.7. The normalized spacial score (nSPS) is 13.4. The van der Waals surface area contributed by atoms with Crippen LogP contribution in [-0.4, -0.2) is 80.6 Å². The molecule has 228 valence electrons. The lowest BCUT2D eigenvalue weighted by Gasteiger charge is -2.31. The van der Waals surface area contributed by atoms with Crippen LogP contribution in [-0.2, 0) is 28.6 Å². The lowest BCUT2D eigenvalue weighted by molar-refractivity contribution is -0.887. The van der Waals surface area contributed by atoms with E-state index in [1.807, 2.05) is 27.2 Å². The van der Waals surface area contributed by atoms with Crippen LogP contribution in [0.5, 0.6) is 0 Å². The minimum Gasteiger partial charge on any atom is -0.477 e. The molecule has 0 heterocycles. The summed E-state index contributed by atoms with van der Waals surface area (Å²) in [5.74, 6) is -1.55. The molecule has 0 aromatic carbocycles. The molecule has 0 spiro atoms. The number of aliphatic carboxylic acids is 1. The number of allylic oxidation sites excluding steroid dienone is 2. The predicted molar refractivity (Wildman–Crippen MR) is 155 cm³/mol. The standard InChI is InChI=1S/C31H57NO7/c1-6-8-10-12-14-16-17-19-21-29(33)38-26-27(25-37-24-23-28(31(35)36)32(3,4)5)39-30(34)22-20-18-15-13-11-9-7-2/h15,18,27-28H,6-14,16-17,19-26H2,1-5H3/p+1/b18-15+. The first-order valence-corrected chi connectivity index (χ1v) is 15.2. The van der Waals surface area contributed by atoms with Crippen molar-refractivity contribution in [1.29, 1.82) is 0 Å². The minimum atomic E-state index is -0.883. The van der Waals surface area contributed by atoms with Crippen molar-refractivity contribution in [1.82, 2.24) is 0 Å². The third-order valence-electron chi connectivity index (χ3n) is 6.68. The molecule has 0 aliphatic rings. The molecule has 0 fully saturated rings. The highest BCUT2D eigenvalue weighted by molar-refractivity contribution is 5.72. The third-order valence-corrected chi connectivity index (χ3v) is 6.68. The molecule has 0 aromatic rings. The summed E-state index contributed by atoms with van der Waals surface area (Å²) < 4.78 is 16.9. The lowest BCUT2D eigenvalue weighted by Crippen LogP contribution is -2.50. The minimum absolute atomic E-state index is 0.0487. The Morgan fingerprint density at radius 1 is 0.744 bits per heavy atom. The van der Waals surface area contributed by atoms with Crippen LogP contribution in [0.4, 0.5) is 0 Å². The van der Waals surface area contributed by atoms with Gasteiger partial charge in [0.2, 0.25) is 0 Å². The molecule has 0 rings (SSSR count). The number of carboxylic acids is 1. The van der Waals surface area contributed by atoms with Gasteiger partial charge in [0.1, 0.15) is 6.61 Å². The van der Waals surface area contributed by atoms with Crippen molar-refractivity contribution in [2.45, 2.75) is 129 Å². The summed E-state index contributed by atoms with van der Waals surface area (Å²) in [6.45, 7) is 4.56. The maximum Gasteiger partial charge on any atom is 0.362 e. The van der Waals surface area contributed by atoms with Crippen LogP contribution in [0.3, 0.4) is 0 Å². The number of rotatable bonds is 26. The molecule has 0 aliphatic heterocycles. The highest BCUT2D eigenvalue weighted by atomic mass is 16.6. The van der Waals surface area contributed by atoms with E-state index >= 15 is 0 Å². The van der Waals surface area contributed by atoms with Gasteiger partial charge < -0.3 is 23.8 Å². The van der Waals surface area contributed by atoms with Gasteiger partial charge in [0.25, 0.3) is 0 Å². The number of carbonyl (C=O) groups is 3. The molecule has 39 heavy (non-hydrogen) atoms. The number of quaternary nitrogens is 1. The summed E-state index contributed by atoms with van der Waals surface area (Å²) in [5, 5.41) is 9.49. The second-order valence-corrected chi connectivity index (χ2v) is 11.4. The predicted octanol–water partition coefficient (Wildman–Crippen LogP) is 6.46. The van der Waals surface area contributed by atoms with Crippen molar-refractivity contribution in [2.24, 2.45) is 0 Å². The highest BCUT2D eigenvalue weighted by Gasteiger charge is 2.31. The molecule has 0 aromatic heterocycles. The van der Waals surface area contributed by atoms with Gasteiger partial charge in [-0.3, -0.25) is 9.59 Å². The number of esters is 2. The molecular weight excluding hydrogens is 498 g/mol. The largest absolute Gasteiger partial charge is 0.477 e. The van der Waals surface area contributed by atoms with E-state index < -0.39 is 18.1 Å². The van der Waals surface area contributed by atoms with E-state index in [0.717, 1.165) is 32.1 Å². The molecule has 0 bridgehead atoms. The van der Waals surface area contributed by atoms with E-state index in [9.17, 15) is 19.5 Å². The monoisotopic (exact) mass is 556 g/mol. The van der Waals surface area contributed by atoms with Crippen LogP contribution >= 0.6 is 0 Å². The van der Waals surface area contributed by atoms with Gasteiger partial charge in [0.15, 0.2) is 12.1 Å². The van der Waals surface area contributed by atoms with Gasteiger partial charge in [-0.05, 0) is 25.7 Å². The van der Waals surface area contributed by atoms with Crippen LogP contribution in [0.15, 0.2) is 12.2 Å². The Balaban J connectivity index is 4.57. The number of hydrogen-bond acceptors (Lipinski definition) is 6. The van der Waals surface area contributed by atoms with E-state index in [2.05, 4.69) is 19.9 Å². The maximum atomic E-state index is 12.4. The Hall–Kier alpha value is -1.93. The molecule has 8 heteroatoms. The Labute approximate surface area is 238 Å². The van der Waals surface area contributed by atoms with Crippen LogP contribution < -0.4 is 0 Å². The van der Waals surface area contributed by atoms with Crippen LogP contribution in [0, 0.1) is 0 Å². The zero-order chi connectivity index (χ0) is 29.4. The van der Waals surface area contributed by atoms with Crippen molar-refractivity contribution in [3.8, 4) is 0 Å². The Bertz CT molecular complexity index is 672. The number of ether oxygens (including phenoxy) is 3. The second-order valence-electron chi connectivity index (χ2n) is 11.4. The number of carboxylic acid groups (broad SMARTS) is 1. The van der Waals surface area contributed by atoms with Crippen LogP contribution in [0.1, 0.15) is 117 Å². The van der Waals surface area contributed by atoms with Crippen LogP contribution in [0.25, 0.3) is 0 Å². The summed E-state index contributed by atoms with van der Waals surface area (Å²) >= 11 is 0. The molecule has 0 radical (unpaired) electrons. The molecule has 0 amide bonds. The lowest BCUT2D eigenvalue weighted by atomic mass is 10.1. The maximum absolute atomic E-state index is 12.4. The fraction of sp³-hybridized carbons (Fsp3) is 0.839. The number of carbonyl (C=O) groups excluding carboxylic acids is 2. The summed E-state index contributed by atoms with van der Waals surface area (Å²) in [6, 6.07) is -0.611. The first-order chi connectivity index (χ1) is 18.6. The Morgan fingerprint density at radius 2 is 1.33 bits per heavy atom. The second kappa shape index (κ2) is 23.9. The topological polar surface area (TPSA) is 99.1 Å². The van der Waals surface area contributed by atoms with Gasteiger partial charge in [-0.15, -0.1) is 0 Å². The molecule has 2 atom stereocenters. The molecule has 8 nitrogen and oxygen atoms in total. The molecular formula is C31H58NO7+. The smallest absolute Gasteiger partial charge is 0.362 e. The number of likely N-dealkylation sites (N-methyl/N-ethyl adjacent to an activating group) is 1. The first-order valence-electron chi connectivity index (χ1n) is 15.2. The van der Waals surface area contributed by atoms with Gasteiger partial charge in [0, 0.05) is 19.3 Å². The van der Waals surface area contributed by atoms with Gasteiger partial charge in [-0.1, -0.05) is 83.8 Å². The van der Waals surface area contributed by atoms with Crippen molar-refractivity contribution in [3.05, 3.63) is 12.2 Å². The van der Waals surface area contributed by atoms with Gasteiger partial charge in [-0.2, -0.15) is 0 Å². The average Bonchev–Trinajstić information content (AvgIpc) is 2.86. The van der Waals surface area contributed by atoms with Gasteiger partial charge >= 0.3 is 17.9 Å². The van der Waals surface area contributed by atoms with E-state index in [-0.39, 0.29) is 42.7 Å². The van der Waals surface area contributed by atoms with Crippen molar-refractivity contribution >= 4 is 17.9 Å². The zero-order valence-electron chi connectivity index (χ0n) is 25.6. The molecule has 1 N–H and O–H groups in total. The molecule has 0 saturated heterocycles. The van der Waals surface area contributed by atoms with Crippen molar-refractivity contribution in [3.63, 3.8) is 0 Å². The number of unbranched alkanes of at least 4 members (excludes halogenated alkanes) is 10. The fourth-order valence-corrected chi connectivity index (χ4v) is 4.22. The van der Waals surface area contributed by atoms with E-state index in [1.54, 1.807) is 0 Å². The van der Waals surface area contributed by atoms with E-state index in [1.165, 1.54) is 44.9 Å². The quantitative estimate of drug-likeness (QED) is 0.0565. The van der Waals surface area contributed by atoms with Gasteiger partial charge in [-0.25, -0.2) is 4.79 Å².